The molecule has 4 fully saturated rings. The molecule has 3 atom stereocenters. The molecule has 0 radical (unpaired) electrons. The van der Waals surface area contributed by atoms with Crippen molar-refractivity contribution < 1.29 is 9.90 Å². The molecule has 3 aliphatic carbocycles. The molecule has 5 heteroatoms. The Morgan fingerprint density at radius 3 is 2.34 bits per heavy atom. The molecule has 1 aliphatic heterocycles. The lowest BCUT2D eigenvalue weighted by atomic mass is 9.42. The van der Waals surface area contributed by atoms with Crippen molar-refractivity contribution in [3.05, 3.63) is 47.7 Å². The van der Waals surface area contributed by atoms with Crippen LogP contribution in [0.25, 0.3) is 0 Å². The maximum Gasteiger partial charge on any atom is 0.240 e. The van der Waals surface area contributed by atoms with E-state index in [9.17, 15) is 9.90 Å². The third kappa shape index (κ3) is 4.47. The van der Waals surface area contributed by atoms with E-state index >= 15 is 0 Å². The van der Waals surface area contributed by atoms with E-state index in [2.05, 4.69) is 76.1 Å². The molecule has 0 spiro atoms. The normalized spacial score (nSPS) is 30.0. The van der Waals surface area contributed by atoms with Crippen molar-refractivity contribution >= 4 is 5.91 Å². The summed E-state index contributed by atoms with van der Waals surface area (Å²) in [5.41, 5.74) is 3.78. The summed E-state index contributed by atoms with van der Waals surface area (Å²) in [7, 11) is 0. The van der Waals surface area contributed by atoms with Gasteiger partial charge >= 0.3 is 0 Å². The number of aliphatic hydroxyl groups excluding tert-OH is 1. The molecule has 2 bridgehead atoms. The molecule has 0 aromatic heterocycles. The molecular weight excluding hydrogens is 398 g/mol. The number of hydrogen-bond acceptors (Lipinski definition) is 4. The molecule has 4 aliphatic rings. The Hall–Kier alpha value is -1.85. The first-order chi connectivity index (χ1) is 15.0. The van der Waals surface area contributed by atoms with E-state index in [1.807, 2.05) is 4.90 Å². The lowest BCUT2D eigenvalue weighted by molar-refractivity contribution is -0.137. The van der Waals surface area contributed by atoms with E-state index < -0.39 is 6.10 Å². The molecule has 1 amide bonds. The molecule has 32 heavy (non-hydrogen) atoms. The third-order valence-electron chi connectivity index (χ3n) is 7.70. The number of likely N-dealkylation sites (tertiary alicyclic amines) is 1. The van der Waals surface area contributed by atoms with Gasteiger partial charge in [0.25, 0.3) is 0 Å². The first-order valence-electron chi connectivity index (χ1n) is 12.3. The number of nitrogens with zero attached hydrogens (tertiary/aromatic N) is 1. The standard InChI is InChI=1S/C27H41N3O2/c1-17(2)29-24(26(4,5)6)25(32)30-16-22(31)11-23(30)18(3)28-15-19-7-9-21(10-8-19)27-12-20(13-27)14-27/h7-10,17,20,22-24,28-29,31H,3,11-16H2,1-2,4-6H3/t20?,22-,23+,24-,27?/m1/s1. The summed E-state index contributed by atoms with van der Waals surface area (Å²) in [4.78, 5) is 15.3. The van der Waals surface area contributed by atoms with Crippen LogP contribution in [0.3, 0.4) is 0 Å². The lowest BCUT2D eigenvalue weighted by Gasteiger charge is -2.62. The molecular formula is C27H41N3O2. The van der Waals surface area contributed by atoms with Crippen LogP contribution in [-0.4, -0.2) is 46.7 Å². The Morgan fingerprint density at radius 2 is 1.84 bits per heavy atom. The average Bonchev–Trinajstić information content (AvgIpc) is 3.03. The third-order valence-corrected chi connectivity index (χ3v) is 7.70. The highest BCUT2D eigenvalue weighted by Crippen LogP contribution is 2.65. The van der Waals surface area contributed by atoms with Gasteiger partial charge in [-0.05, 0) is 47.1 Å². The van der Waals surface area contributed by atoms with E-state index in [0.717, 1.165) is 11.6 Å². The van der Waals surface area contributed by atoms with Crippen molar-refractivity contribution in [2.45, 2.75) is 96.5 Å². The maximum atomic E-state index is 13.5. The first kappa shape index (κ1) is 23.3. The van der Waals surface area contributed by atoms with Crippen LogP contribution >= 0.6 is 0 Å². The Morgan fingerprint density at radius 1 is 1.22 bits per heavy atom. The predicted molar refractivity (Wildman–Crippen MR) is 129 cm³/mol. The van der Waals surface area contributed by atoms with Gasteiger partial charge in [0.05, 0.1) is 18.2 Å². The molecule has 3 N–H and O–H groups in total. The molecule has 1 saturated heterocycles. The van der Waals surface area contributed by atoms with E-state index in [-0.39, 0.29) is 29.4 Å². The van der Waals surface area contributed by atoms with Gasteiger partial charge in [0.1, 0.15) is 0 Å². The molecule has 0 unspecified atom stereocenters. The smallest absolute Gasteiger partial charge is 0.240 e. The highest BCUT2D eigenvalue weighted by atomic mass is 16.3. The summed E-state index contributed by atoms with van der Waals surface area (Å²) in [5.74, 6) is 1.03. The van der Waals surface area contributed by atoms with Gasteiger partial charge in [-0.25, -0.2) is 0 Å². The number of amides is 1. The van der Waals surface area contributed by atoms with Crippen molar-refractivity contribution in [3.63, 3.8) is 0 Å². The number of carbonyl (C=O) groups excluding carboxylic acids is 1. The molecule has 1 aromatic carbocycles. The summed E-state index contributed by atoms with van der Waals surface area (Å²) in [5, 5.41) is 17.3. The minimum absolute atomic E-state index is 0.0404. The molecule has 5 rings (SSSR count). The quantitative estimate of drug-likeness (QED) is 0.578. The van der Waals surface area contributed by atoms with Gasteiger partial charge < -0.3 is 20.6 Å². The lowest BCUT2D eigenvalue weighted by Crippen LogP contribution is -2.56. The fourth-order valence-corrected chi connectivity index (χ4v) is 5.72. The number of nitrogens with one attached hydrogen (secondary N) is 2. The van der Waals surface area contributed by atoms with Crippen LogP contribution in [0.2, 0.25) is 0 Å². The number of carbonyl (C=O) groups is 1. The van der Waals surface area contributed by atoms with Gasteiger partial charge in [0.2, 0.25) is 5.91 Å². The van der Waals surface area contributed by atoms with E-state index in [1.54, 1.807) is 0 Å². The summed E-state index contributed by atoms with van der Waals surface area (Å²) in [6.45, 7) is 15.6. The van der Waals surface area contributed by atoms with Gasteiger partial charge in [-0.15, -0.1) is 0 Å². The molecule has 1 aromatic rings. The summed E-state index contributed by atoms with van der Waals surface area (Å²) < 4.78 is 0. The van der Waals surface area contributed by atoms with Crippen molar-refractivity contribution in [1.82, 2.24) is 15.5 Å². The van der Waals surface area contributed by atoms with Crippen LogP contribution in [0.1, 0.15) is 71.4 Å². The van der Waals surface area contributed by atoms with E-state index in [0.29, 0.717) is 24.9 Å². The SMILES string of the molecule is C=C(NCc1ccc(C23CC(C2)C3)cc1)[C@@H]1C[C@@H](O)CN1C(=O)[C@@H](NC(C)C)C(C)(C)C. The second-order valence-corrected chi connectivity index (χ2v) is 11.9. The Balaban J connectivity index is 1.38. The summed E-state index contributed by atoms with van der Waals surface area (Å²) >= 11 is 0. The van der Waals surface area contributed by atoms with Gasteiger partial charge in [-0.3, -0.25) is 4.79 Å². The van der Waals surface area contributed by atoms with Crippen molar-refractivity contribution in [2.24, 2.45) is 11.3 Å². The number of rotatable bonds is 8. The molecule has 1 heterocycles. The highest BCUT2D eigenvalue weighted by molar-refractivity contribution is 5.83. The highest BCUT2D eigenvalue weighted by Gasteiger charge is 2.57. The van der Waals surface area contributed by atoms with Gasteiger partial charge in [0.15, 0.2) is 0 Å². The zero-order valence-corrected chi connectivity index (χ0v) is 20.4. The number of aliphatic hydroxyl groups is 1. The Labute approximate surface area is 193 Å². The number of β-amino-alcohol motifs (C(OH)–C–C–N with tert-alkyl or cyclic N) is 1. The van der Waals surface area contributed by atoms with Crippen molar-refractivity contribution in [3.8, 4) is 0 Å². The van der Waals surface area contributed by atoms with Crippen LogP contribution in [0.15, 0.2) is 36.5 Å². The van der Waals surface area contributed by atoms with Crippen molar-refractivity contribution in [2.75, 3.05) is 6.54 Å². The molecule has 5 nitrogen and oxygen atoms in total. The summed E-state index contributed by atoms with van der Waals surface area (Å²) in [6, 6.07) is 8.69. The van der Waals surface area contributed by atoms with Gasteiger partial charge in [0, 0.05) is 31.2 Å². The number of benzene rings is 1. The van der Waals surface area contributed by atoms with Crippen LogP contribution in [-0.2, 0) is 16.8 Å². The van der Waals surface area contributed by atoms with E-state index in [1.165, 1.54) is 30.4 Å². The van der Waals surface area contributed by atoms with Crippen LogP contribution in [0, 0.1) is 11.3 Å². The van der Waals surface area contributed by atoms with Crippen LogP contribution < -0.4 is 10.6 Å². The predicted octanol–water partition coefficient (Wildman–Crippen LogP) is 3.72. The van der Waals surface area contributed by atoms with E-state index in [4.69, 9.17) is 0 Å². The van der Waals surface area contributed by atoms with Crippen LogP contribution in [0.5, 0.6) is 0 Å². The fraction of sp³-hybridized carbons (Fsp3) is 0.667. The minimum atomic E-state index is -0.519. The van der Waals surface area contributed by atoms with Gasteiger partial charge in [-0.1, -0.05) is 65.5 Å². The minimum Gasteiger partial charge on any atom is -0.391 e. The fourth-order valence-electron chi connectivity index (χ4n) is 5.72. The maximum absolute atomic E-state index is 13.5. The van der Waals surface area contributed by atoms with Crippen LogP contribution in [0.4, 0.5) is 0 Å². The second kappa shape index (κ2) is 8.49. The largest absolute Gasteiger partial charge is 0.391 e. The van der Waals surface area contributed by atoms with Crippen molar-refractivity contribution in [1.29, 1.82) is 0 Å². The zero-order chi connectivity index (χ0) is 23.3. The first-order valence-corrected chi connectivity index (χ1v) is 12.3. The average molecular weight is 440 g/mol. The zero-order valence-electron chi connectivity index (χ0n) is 20.4. The second-order valence-electron chi connectivity index (χ2n) is 11.9. The Bertz CT molecular complexity index is 838. The van der Waals surface area contributed by atoms with Gasteiger partial charge in [-0.2, -0.15) is 0 Å². The Kier molecular flexibility index (Phi) is 6.19. The molecule has 176 valence electrons. The molecule has 3 saturated carbocycles. The topological polar surface area (TPSA) is 64.6 Å². The monoisotopic (exact) mass is 439 g/mol. The number of hydrogen-bond donors (Lipinski definition) is 3. The summed E-state index contributed by atoms with van der Waals surface area (Å²) in [6.07, 6.45) is 4.12.